The SMILES string of the molecule is COc1ccc(NCN2C(=O)C(=Cc3ccccc3F)SC2=S)cc1. The van der Waals surface area contributed by atoms with Crippen molar-refractivity contribution in [2.45, 2.75) is 0 Å². The van der Waals surface area contributed by atoms with Gasteiger partial charge in [0.1, 0.15) is 15.9 Å². The third-order valence-corrected chi connectivity index (χ3v) is 4.97. The number of methoxy groups -OCH3 is 1. The fraction of sp³-hybridized carbons (Fsp3) is 0.111. The summed E-state index contributed by atoms with van der Waals surface area (Å²) in [4.78, 5) is 14.4. The molecule has 1 aliphatic rings. The molecule has 3 rings (SSSR count). The van der Waals surface area contributed by atoms with Gasteiger partial charge in [-0.25, -0.2) is 4.39 Å². The van der Waals surface area contributed by atoms with Gasteiger partial charge in [0, 0.05) is 11.3 Å². The first-order valence-electron chi connectivity index (χ1n) is 7.46. The van der Waals surface area contributed by atoms with Crippen LogP contribution in [0.4, 0.5) is 10.1 Å². The molecule has 0 atom stereocenters. The summed E-state index contributed by atoms with van der Waals surface area (Å²) >= 11 is 6.44. The molecule has 2 aromatic rings. The highest BCUT2D eigenvalue weighted by molar-refractivity contribution is 8.26. The first-order chi connectivity index (χ1) is 12.1. The van der Waals surface area contributed by atoms with Crippen molar-refractivity contribution in [1.82, 2.24) is 4.90 Å². The monoisotopic (exact) mass is 374 g/mol. The largest absolute Gasteiger partial charge is 0.497 e. The molecular weight excluding hydrogens is 359 g/mol. The van der Waals surface area contributed by atoms with E-state index in [0.717, 1.165) is 11.4 Å². The third kappa shape index (κ3) is 4.00. The number of nitrogens with zero attached hydrogens (tertiary/aromatic N) is 1. The van der Waals surface area contributed by atoms with Crippen LogP contribution in [0.1, 0.15) is 5.56 Å². The first kappa shape index (κ1) is 17.4. The standard InChI is InChI=1S/C18H15FN2O2S2/c1-23-14-8-6-13(7-9-14)20-11-21-17(22)16(25-18(21)24)10-12-4-2-3-5-15(12)19/h2-10,20H,11H2,1H3. The zero-order chi connectivity index (χ0) is 17.8. The molecular formula is C18H15FN2O2S2. The highest BCUT2D eigenvalue weighted by Crippen LogP contribution is 2.32. The number of benzene rings is 2. The molecule has 7 heteroatoms. The smallest absolute Gasteiger partial charge is 0.267 e. The molecule has 1 amide bonds. The van der Waals surface area contributed by atoms with Crippen molar-refractivity contribution in [2.24, 2.45) is 0 Å². The summed E-state index contributed by atoms with van der Waals surface area (Å²) in [6.07, 6.45) is 1.53. The van der Waals surface area contributed by atoms with Gasteiger partial charge in [0.05, 0.1) is 18.7 Å². The molecule has 1 aliphatic heterocycles. The van der Waals surface area contributed by atoms with Crippen LogP contribution < -0.4 is 10.1 Å². The molecule has 1 heterocycles. The van der Waals surface area contributed by atoms with E-state index in [1.165, 1.54) is 28.8 Å². The molecule has 1 fully saturated rings. The summed E-state index contributed by atoms with van der Waals surface area (Å²) in [5.41, 5.74) is 1.21. The van der Waals surface area contributed by atoms with Gasteiger partial charge >= 0.3 is 0 Å². The number of hydrogen-bond donors (Lipinski definition) is 1. The van der Waals surface area contributed by atoms with Crippen molar-refractivity contribution in [2.75, 3.05) is 19.1 Å². The molecule has 0 bridgehead atoms. The molecule has 0 aliphatic carbocycles. The molecule has 1 saturated heterocycles. The number of hydrogen-bond acceptors (Lipinski definition) is 5. The molecule has 25 heavy (non-hydrogen) atoms. The normalized spacial score (nSPS) is 15.8. The lowest BCUT2D eigenvalue weighted by Crippen LogP contribution is -2.33. The molecule has 1 N–H and O–H groups in total. The molecule has 0 saturated carbocycles. The van der Waals surface area contributed by atoms with Crippen molar-refractivity contribution < 1.29 is 13.9 Å². The summed E-state index contributed by atoms with van der Waals surface area (Å²) in [6, 6.07) is 13.7. The van der Waals surface area contributed by atoms with Gasteiger partial charge in [0.2, 0.25) is 0 Å². The van der Waals surface area contributed by atoms with Crippen LogP contribution in [0.2, 0.25) is 0 Å². The van der Waals surface area contributed by atoms with E-state index in [0.29, 0.717) is 14.8 Å². The number of carbonyl (C=O) groups excluding carboxylic acids is 1. The van der Waals surface area contributed by atoms with Gasteiger partial charge in [-0.1, -0.05) is 42.2 Å². The van der Waals surface area contributed by atoms with E-state index in [2.05, 4.69) is 5.32 Å². The summed E-state index contributed by atoms with van der Waals surface area (Å²) in [5.74, 6) is 0.146. The van der Waals surface area contributed by atoms with Crippen LogP contribution in [0.5, 0.6) is 5.75 Å². The minimum Gasteiger partial charge on any atom is -0.497 e. The molecule has 4 nitrogen and oxygen atoms in total. The lowest BCUT2D eigenvalue weighted by atomic mass is 10.2. The molecule has 0 radical (unpaired) electrons. The third-order valence-electron chi connectivity index (χ3n) is 3.60. The second-order valence-corrected chi connectivity index (χ2v) is 6.87. The Balaban J connectivity index is 1.70. The maximum atomic E-state index is 13.8. The summed E-state index contributed by atoms with van der Waals surface area (Å²) in [5, 5.41) is 3.14. The quantitative estimate of drug-likeness (QED) is 0.630. The zero-order valence-corrected chi connectivity index (χ0v) is 15.0. The van der Waals surface area contributed by atoms with E-state index in [4.69, 9.17) is 17.0 Å². The fourth-order valence-electron chi connectivity index (χ4n) is 2.25. The Labute approximate surface area is 154 Å². The van der Waals surface area contributed by atoms with Crippen molar-refractivity contribution in [1.29, 1.82) is 0 Å². The molecule has 0 spiro atoms. The number of amides is 1. The lowest BCUT2D eigenvalue weighted by Gasteiger charge is -2.16. The van der Waals surface area contributed by atoms with Crippen molar-refractivity contribution >= 4 is 46.0 Å². The predicted octanol–water partition coefficient (Wildman–Crippen LogP) is 4.11. The molecule has 2 aromatic carbocycles. The number of rotatable bonds is 5. The van der Waals surface area contributed by atoms with Crippen molar-refractivity contribution in [3.8, 4) is 5.75 Å². The van der Waals surface area contributed by atoms with Crippen LogP contribution >= 0.6 is 24.0 Å². The Kier molecular flexibility index (Phi) is 5.35. The van der Waals surface area contributed by atoms with E-state index in [1.807, 2.05) is 24.3 Å². The summed E-state index contributed by atoms with van der Waals surface area (Å²) in [6.45, 7) is 0.242. The number of thiocarbonyl (C=S) groups is 1. The van der Waals surface area contributed by atoms with Gasteiger partial charge in [0.15, 0.2) is 0 Å². The number of halogens is 1. The average Bonchev–Trinajstić information content (AvgIpc) is 2.89. The second kappa shape index (κ2) is 7.67. The summed E-state index contributed by atoms with van der Waals surface area (Å²) < 4.78 is 19.3. The Morgan fingerprint density at radius 1 is 1.24 bits per heavy atom. The second-order valence-electron chi connectivity index (χ2n) is 5.19. The van der Waals surface area contributed by atoms with E-state index in [9.17, 15) is 9.18 Å². The van der Waals surface area contributed by atoms with Gasteiger partial charge in [-0.05, 0) is 36.4 Å². The van der Waals surface area contributed by atoms with Crippen molar-refractivity contribution in [3.63, 3.8) is 0 Å². The Morgan fingerprint density at radius 3 is 2.64 bits per heavy atom. The van der Waals surface area contributed by atoms with Crippen LogP contribution in [0.3, 0.4) is 0 Å². The van der Waals surface area contributed by atoms with Gasteiger partial charge in [-0.2, -0.15) is 0 Å². The number of thioether (sulfide) groups is 1. The molecule has 128 valence electrons. The van der Waals surface area contributed by atoms with Gasteiger partial charge in [-0.15, -0.1) is 0 Å². The van der Waals surface area contributed by atoms with Gasteiger partial charge < -0.3 is 10.1 Å². The predicted molar refractivity (Wildman–Crippen MR) is 103 cm³/mol. The number of anilines is 1. The number of nitrogens with one attached hydrogen (secondary N) is 1. The van der Waals surface area contributed by atoms with E-state index in [1.54, 1.807) is 25.3 Å². The van der Waals surface area contributed by atoms with E-state index < -0.39 is 0 Å². The van der Waals surface area contributed by atoms with Crippen molar-refractivity contribution in [3.05, 3.63) is 64.8 Å². The van der Waals surface area contributed by atoms with Crippen LogP contribution in [0.15, 0.2) is 53.4 Å². The fourth-order valence-corrected chi connectivity index (χ4v) is 3.49. The Bertz CT molecular complexity index is 837. The maximum Gasteiger partial charge on any atom is 0.267 e. The summed E-state index contributed by atoms with van der Waals surface area (Å²) in [7, 11) is 1.60. The van der Waals surface area contributed by atoms with Gasteiger partial charge in [-0.3, -0.25) is 9.69 Å². The number of carbonyl (C=O) groups is 1. The Morgan fingerprint density at radius 2 is 1.96 bits per heavy atom. The highest BCUT2D eigenvalue weighted by atomic mass is 32.2. The van der Waals surface area contributed by atoms with Crippen LogP contribution in [0, 0.1) is 5.82 Å². The molecule has 0 aromatic heterocycles. The maximum absolute atomic E-state index is 13.8. The minimum atomic E-state index is -0.371. The van der Waals surface area contributed by atoms with E-state index >= 15 is 0 Å². The van der Waals surface area contributed by atoms with Crippen LogP contribution in [-0.2, 0) is 4.79 Å². The highest BCUT2D eigenvalue weighted by Gasteiger charge is 2.31. The Hall–Kier alpha value is -2.38. The zero-order valence-electron chi connectivity index (χ0n) is 13.4. The number of ether oxygens (including phenoxy) is 1. The van der Waals surface area contributed by atoms with Crippen LogP contribution in [0.25, 0.3) is 6.08 Å². The minimum absolute atomic E-state index is 0.237. The van der Waals surface area contributed by atoms with E-state index in [-0.39, 0.29) is 18.4 Å². The van der Waals surface area contributed by atoms with Gasteiger partial charge in [0.25, 0.3) is 5.91 Å². The average molecular weight is 374 g/mol. The first-order valence-corrected chi connectivity index (χ1v) is 8.69. The molecule has 0 unspecified atom stereocenters. The topological polar surface area (TPSA) is 41.6 Å². The lowest BCUT2D eigenvalue weighted by molar-refractivity contribution is -0.121. The van der Waals surface area contributed by atoms with Crippen LogP contribution in [-0.4, -0.2) is 28.9 Å².